The zero-order valence-corrected chi connectivity index (χ0v) is 8.80. The van der Waals surface area contributed by atoms with E-state index in [1.54, 1.807) is 6.20 Å². The molecule has 0 aliphatic rings. The minimum atomic E-state index is 0.679. The van der Waals surface area contributed by atoms with Gasteiger partial charge in [0.1, 0.15) is 0 Å². The van der Waals surface area contributed by atoms with Crippen LogP contribution in [0.4, 0.5) is 5.69 Å². The summed E-state index contributed by atoms with van der Waals surface area (Å²) < 4.78 is 0.932. The molecule has 0 fully saturated rings. The Hall–Kier alpha value is -1.09. The summed E-state index contributed by atoms with van der Waals surface area (Å²) in [6, 6.07) is 6.05. The molecule has 2 nitrogen and oxygen atoms in total. The molecule has 0 spiro atoms. The van der Waals surface area contributed by atoms with Crippen LogP contribution in [0.3, 0.4) is 0 Å². The monoisotopic (exact) mass is 236 g/mol. The van der Waals surface area contributed by atoms with E-state index >= 15 is 0 Å². The number of halogens is 1. The molecule has 2 N–H and O–H groups in total. The first-order valence-electron chi connectivity index (χ1n) is 3.99. The third-order valence-electron chi connectivity index (χ3n) is 2.06. The fourth-order valence-electron chi connectivity index (χ4n) is 1.35. The zero-order valence-electron chi connectivity index (χ0n) is 7.21. The van der Waals surface area contributed by atoms with Gasteiger partial charge >= 0.3 is 0 Å². The molecule has 0 amide bonds. The van der Waals surface area contributed by atoms with Crippen molar-refractivity contribution in [1.29, 1.82) is 0 Å². The van der Waals surface area contributed by atoms with Gasteiger partial charge in [0.15, 0.2) is 0 Å². The molecular weight excluding hydrogens is 228 g/mol. The van der Waals surface area contributed by atoms with Crippen molar-refractivity contribution in [3.63, 3.8) is 0 Å². The lowest BCUT2D eigenvalue weighted by molar-refractivity contribution is 1.36. The molecule has 1 aromatic carbocycles. The molecule has 0 unspecified atom stereocenters. The van der Waals surface area contributed by atoms with Crippen LogP contribution < -0.4 is 5.73 Å². The van der Waals surface area contributed by atoms with Crippen LogP contribution in [0, 0.1) is 6.92 Å². The number of para-hydroxylation sites is 1. The van der Waals surface area contributed by atoms with E-state index in [4.69, 9.17) is 5.73 Å². The highest BCUT2D eigenvalue weighted by Crippen LogP contribution is 2.28. The third-order valence-corrected chi connectivity index (χ3v) is 2.95. The van der Waals surface area contributed by atoms with Crippen LogP contribution in [0.5, 0.6) is 0 Å². The summed E-state index contributed by atoms with van der Waals surface area (Å²) in [5.74, 6) is 0. The minimum Gasteiger partial charge on any atom is -0.397 e. The fraction of sp³-hybridized carbons (Fsp3) is 0.100. The molecule has 0 aliphatic heterocycles. The second kappa shape index (κ2) is 3.00. The zero-order chi connectivity index (χ0) is 9.42. The summed E-state index contributed by atoms with van der Waals surface area (Å²) in [7, 11) is 0. The van der Waals surface area contributed by atoms with E-state index in [-0.39, 0.29) is 0 Å². The van der Waals surface area contributed by atoms with Crippen molar-refractivity contribution in [2.24, 2.45) is 0 Å². The number of benzene rings is 1. The van der Waals surface area contributed by atoms with Crippen LogP contribution in [-0.2, 0) is 0 Å². The molecule has 0 bridgehead atoms. The van der Waals surface area contributed by atoms with Gasteiger partial charge in [-0.1, -0.05) is 18.2 Å². The van der Waals surface area contributed by atoms with Gasteiger partial charge in [-0.3, -0.25) is 4.98 Å². The quantitative estimate of drug-likeness (QED) is 0.765. The molecule has 0 radical (unpaired) electrons. The Morgan fingerprint density at radius 2 is 2.15 bits per heavy atom. The fourth-order valence-corrected chi connectivity index (χ4v) is 1.78. The maximum Gasteiger partial charge on any atom is 0.0744 e. The number of hydrogen-bond acceptors (Lipinski definition) is 2. The highest BCUT2D eigenvalue weighted by atomic mass is 79.9. The summed E-state index contributed by atoms with van der Waals surface area (Å²) in [4.78, 5) is 4.29. The van der Waals surface area contributed by atoms with Crippen molar-refractivity contribution in [2.45, 2.75) is 6.92 Å². The molecular formula is C10H9BrN2. The first-order chi connectivity index (χ1) is 6.20. The topological polar surface area (TPSA) is 38.9 Å². The van der Waals surface area contributed by atoms with Gasteiger partial charge in [0.25, 0.3) is 0 Å². The number of anilines is 1. The lowest BCUT2D eigenvalue weighted by Gasteiger charge is -2.04. The van der Waals surface area contributed by atoms with E-state index in [1.165, 1.54) is 5.56 Å². The number of nitrogen functional groups attached to an aromatic ring is 1. The molecule has 66 valence electrons. The average molecular weight is 237 g/mol. The smallest absolute Gasteiger partial charge is 0.0744 e. The van der Waals surface area contributed by atoms with Crippen molar-refractivity contribution in [3.05, 3.63) is 34.4 Å². The number of aryl methyl sites for hydroxylation is 1. The maximum absolute atomic E-state index is 5.73. The van der Waals surface area contributed by atoms with Gasteiger partial charge in [0.05, 0.1) is 21.9 Å². The van der Waals surface area contributed by atoms with Crippen molar-refractivity contribution in [1.82, 2.24) is 4.98 Å². The molecule has 0 saturated heterocycles. The highest BCUT2D eigenvalue weighted by Gasteiger charge is 2.04. The van der Waals surface area contributed by atoms with Crippen LogP contribution in [0.2, 0.25) is 0 Å². The number of pyridine rings is 1. The van der Waals surface area contributed by atoms with Crippen LogP contribution in [0.25, 0.3) is 10.9 Å². The van der Waals surface area contributed by atoms with Gasteiger partial charge < -0.3 is 5.73 Å². The Morgan fingerprint density at radius 1 is 1.38 bits per heavy atom. The Balaban J connectivity index is 2.94. The molecule has 1 aromatic heterocycles. The van der Waals surface area contributed by atoms with Crippen molar-refractivity contribution >= 4 is 32.5 Å². The maximum atomic E-state index is 5.73. The third kappa shape index (κ3) is 1.29. The average Bonchev–Trinajstić information content (AvgIpc) is 2.12. The van der Waals surface area contributed by atoms with Crippen LogP contribution >= 0.6 is 15.9 Å². The standard InChI is InChI=1S/C10H9BrN2/c1-6-3-2-4-7-9(11)8(12)5-13-10(6)7/h2-5H,12H2,1H3. The molecule has 13 heavy (non-hydrogen) atoms. The lowest BCUT2D eigenvalue weighted by atomic mass is 10.1. The number of nitrogens with two attached hydrogens (primary N) is 1. The number of aromatic nitrogens is 1. The summed E-state index contributed by atoms with van der Waals surface area (Å²) in [5.41, 5.74) is 8.57. The Morgan fingerprint density at radius 3 is 2.92 bits per heavy atom. The summed E-state index contributed by atoms with van der Waals surface area (Å²) in [6.45, 7) is 2.04. The van der Waals surface area contributed by atoms with E-state index < -0.39 is 0 Å². The van der Waals surface area contributed by atoms with Gasteiger partial charge in [-0.2, -0.15) is 0 Å². The predicted molar refractivity (Wildman–Crippen MR) is 58.6 cm³/mol. The van der Waals surface area contributed by atoms with Gasteiger partial charge in [0, 0.05) is 5.39 Å². The summed E-state index contributed by atoms with van der Waals surface area (Å²) in [6.07, 6.45) is 1.68. The van der Waals surface area contributed by atoms with E-state index in [9.17, 15) is 0 Å². The number of fused-ring (bicyclic) bond motifs is 1. The van der Waals surface area contributed by atoms with Crippen LogP contribution in [0.15, 0.2) is 28.9 Å². The van der Waals surface area contributed by atoms with Crippen LogP contribution in [0.1, 0.15) is 5.56 Å². The largest absolute Gasteiger partial charge is 0.397 e. The summed E-state index contributed by atoms with van der Waals surface area (Å²) in [5, 5.41) is 1.07. The first kappa shape index (κ1) is 8.51. The Bertz CT molecular complexity index is 466. The molecule has 2 aromatic rings. The molecule has 3 heteroatoms. The number of nitrogens with zero attached hydrogens (tertiary/aromatic N) is 1. The second-order valence-corrected chi connectivity index (χ2v) is 3.79. The molecule has 1 heterocycles. The lowest BCUT2D eigenvalue weighted by Crippen LogP contribution is -1.91. The van der Waals surface area contributed by atoms with E-state index in [2.05, 4.69) is 20.9 Å². The van der Waals surface area contributed by atoms with Gasteiger partial charge in [0.2, 0.25) is 0 Å². The Kier molecular flexibility index (Phi) is 1.96. The van der Waals surface area contributed by atoms with E-state index in [0.29, 0.717) is 5.69 Å². The SMILES string of the molecule is Cc1cccc2c(Br)c(N)cnc12. The first-order valence-corrected chi connectivity index (χ1v) is 4.79. The minimum absolute atomic E-state index is 0.679. The molecule has 0 saturated carbocycles. The van der Waals surface area contributed by atoms with Crippen molar-refractivity contribution in [2.75, 3.05) is 5.73 Å². The van der Waals surface area contributed by atoms with Gasteiger partial charge in [-0.15, -0.1) is 0 Å². The number of rotatable bonds is 0. The molecule has 0 atom stereocenters. The van der Waals surface area contributed by atoms with Crippen LogP contribution in [-0.4, -0.2) is 4.98 Å². The normalized spacial score (nSPS) is 10.6. The van der Waals surface area contributed by atoms with E-state index in [0.717, 1.165) is 15.4 Å². The Labute approximate surface area is 84.9 Å². The molecule has 0 aliphatic carbocycles. The summed E-state index contributed by atoms with van der Waals surface area (Å²) >= 11 is 3.45. The van der Waals surface area contributed by atoms with Crippen molar-refractivity contribution < 1.29 is 0 Å². The van der Waals surface area contributed by atoms with Crippen molar-refractivity contribution in [3.8, 4) is 0 Å². The molecule has 2 rings (SSSR count). The highest BCUT2D eigenvalue weighted by molar-refractivity contribution is 9.10. The predicted octanol–water partition coefficient (Wildman–Crippen LogP) is 2.89. The van der Waals surface area contributed by atoms with Gasteiger partial charge in [-0.05, 0) is 28.4 Å². The van der Waals surface area contributed by atoms with E-state index in [1.807, 2.05) is 25.1 Å². The number of hydrogen-bond donors (Lipinski definition) is 1. The van der Waals surface area contributed by atoms with Gasteiger partial charge in [-0.25, -0.2) is 0 Å². The second-order valence-electron chi connectivity index (χ2n) is 3.00.